The van der Waals surface area contributed by atoms with Crippen LogP contribution in [0.15, 0.2) is 67.0 Å². The number of imidazole rings is 1. The number of nitrogens with one attached hydrogen (secondary N) is 3. The minimum absolute atomic E-state index is 0.0419. The Bertz CT molecular complexity index is 1730. The van der Waals surface area contributed by atoms with Crippen molar-refractivity contribution in [1.82, 2.24) is 24.8 Å². The number of aliphatic hydroxyl groups is 1. The molecule has 50 heavy (non-hydrogen) atoms. The average molecular weight is 695 g/mol. The first kappa shape index (κ1) is 35.1. The Kier molecular flexibility index (Phi) is 10.5. The van der Waals surface area contributed by atoms with Crippen LogP contribution < -0.4 is 21.7 Å². The summed E-state index contributed by atoms with van der Waals surface area (Å²) >= 11 is 0. The van der Waals surface area contributed by atoms with Crippen LogP contribution in [0.2, 0.25) is 0 Å². The zero-order chi connectivity index (χ0) is 35.4. The molecular weight excluding hydrogens is 653 g/mol. The lowest BCUT2D eigenvalue weighted by molar-refractivity contribution is -0.209. The monoisotopic (exact) mass is 694 g/mol. The lowest BCUT2D eigenvalue weighted by Crippen LogP contribution is -2.45. The molecule has 2 saturated carbocycles. The molecular formula is C35H41F3N8O4. The fourth-order valence-electron chi connectivity index (χ4n) is 6.84. The normalized spacial score (nSPS) is 23.9. The van der Waals surface area contributed by atoms with Gasteiger partial charge in [-0.1, -0.05) is 67.6 Å². The minimum Gasteiger partial charge on any atom is -0.451 e. The van der Waals surface area contributed by atoms with Crippen LogP contribution in [-0.4, -0.2) is 79.6 Å². The fraction of sp³-hybridized carbons (Fsp3) is 0.457. The number of ether oxygens (including phenoxy) is 1. The number of amides is 1. The van der Waals surface area contributed by atoms with E-state index < -0.39 is 42.3 Å². The molecule has 12 nitrogen and oxygen atoms in total. The smallest absolute Gasteiger partial charge is 0.451 e. The first-order valence-corrected chi connectivity index (χ1v) is 16.9. The van der Waals surface area contributed by atoms with Crippen molar-refractivity contribution >= 4 is 34.8 Å². The van der Waals surface area contributed by atoms with Crippen molar-refractivity contribution in [1.29, 1.82) is 0 Å². The Morgan fingerprint density at radius 3 is 2.26 bits per heavy atom. The highest BCUT2D eigenvalue weighted by Crippen LogP contribution is 2.38. The molecule has 6 N–H and O–H groups in total. The van der Waals surface area contributed by atoms with Crippen molar-refractivity contribution in [2.75, 3.05) is 17.2 Å². The molecule has 0 unspecified atom stereocenters. The van der Waals surface area contributed by atoms with E-state index in [4.69, 9.17) is 20.4 Å². The number of benzene rings is 2. The van der Waals surface area contributed by atoms with Crippen molar-refractivity contribution in [3.05, 3.63) is 78.1 Å². The van der Waals surface area contributed by atoms with Crippen LogP contribution in [0.1, 0.15) is 68.5 Å². The van der Waals surface area contributed by atoms with E-state index in [-0.39, 0.29) is 42.4 Å². The number of esters is 1. The molecule has 4 aromatic rings. The van der Waals surface area contributed by atoms with Gasteiger partial charge in [-0.05, 0) is 43.2 Å². The Hall–Kier alpha value is -4.76. The fourth-order valence-corrected chi connectivity index (χ4v) is 6.84. The number of hydrogen-bond donors (Lipinski definition) is 5. The topological polar surface area (TPSA) is 169 Å². The molecule has 0 spiro atoms. The summed E-state index contributed by atoms with van der Waals surface area (Å²) < 4.78 is 46.5. The van der Waals surface area contributed by atoms with E-state index in [0.29, 0.717) is 17.9 Å². The lowest BCUT2D eigenvalue weighted by atomic mass is 9.91. The standard InChI is InChI=1S/C35H41F3N8O4/c1-2-27(47)43-25-17-26(30(29(25)48)50-33(49)35(36,37)38)46-19-41-28-31(44-34(45-32(28)46)42-23-15-13-22(39)14-16-23)40-18-24(20-9-5-3-6-10-20)21-11-7-4-8-12-21/h3-12,19,22-26,29-30,48H,2,13-18,39H2,1H3,(H,43,47)(H2,40,42,44,45)/t22?,23?,25-,26+,29+,30-/m0/s1. The Morgan fingerprint density at radius 1 is 1.02 bits per heavy atom. The van der Waals surface area contributed by atoms with Gasteiger partial charge in [-0.2, -0.15) is 23.1 Å². The summed E-state index contributed by atoms with van der Waals surface area (Å²) in [6.07, 6.45) is -3.89. The summed E-state index contributed by atoms with van der Waals surface area (Å²) in [6.45, 7) is 2.03. The number of carbonyl (C=O) groups is 2. The third-order valence-corrected chi connectivity index (χ3v) is 9.53. The van der Waals surface area contributed by atoms with Gasteiger partial charge in [-0.15, -0.1) is 0 Å². The molecule has 0 aliphatic heterocycles. The number of fused-ring (bicyclic) bond motifs is 1. The number of aliphatic hydroxyl groups excluding tert-OH is 1. The summed E-state index contributed by atoms with van der Waals surface area (Å²) in [6, 6.07) is 18.1. The number of hydrogen-bond acceptors (Lipinski definition) is 10. The second-order valence-corrected chi connectivity index (χ2v) is 12.9. The molecule has 0 radical (unpaired) electrons. The molecule has 2 aliphatic carbocycles. The summed E-state index contributed by atoms with van der Waals surface area (Å²) in [7, 11) is 0. The van der Waals surface area contributed by atoms with Gasteiger partial charge in [0.1, 0.15) is 6.10 Å². The molecule has 2 aromatic heterocycles. The molecule has 2 heterocycles. The first-order valence-electron chi connectivity index (χ1n) is 16.9. The van der Waals surface area contributed by atoms with Crippen molar-refractivity contribution in [2.45, 2.75) is 93.9 Å². The van der Waals surface area contributed by atoms with Crippen LogP contribution in [-0.2, 0) is 14.3 Å². The van der Waals surface area contributed by atoms with Gasteiger partial charge in [0.15, 0.2) is 23.1 Å². The average Bonchev–Trinajstić information content (AvgIpc) is 3.66. The number of rotatable bonds is 11. The molecule has 0 saturated heterocycles. The summed E-state index contributed by atoms with van der Waals surface area (Å²) in [4.78, 5) is 38.5. The molecule has 2 aromatic carbocycles. The van der Waals surface area contributed by atoms with Crippen LogP contribution in [0.4, 0.5) is 24.9 Å². The molecule has 15 heteroatoms. The van der Waals surface area contributed by atoms with Crippen LogP contribution in [0, 0.1) is 0 Å². The summed E-state index contributed by atoms with van der Waals surface area (Å²) in [5, 5.41) is 20.6. The van der Waals surface area contributed by atoms with E-state index in [0.717, 1.165) is 36.8 Å². The van der Waals surface area contributed by atoms with Crippen molar-refractivity contribution in [3.8, 4) is 0 Å². The Morgan fingerprint density at radius 2 is 1.66 bits per heavy atom. The van der Waals surface area contributed by atoms with Gasteiger partial charge in [-0.3, -0.25) is 4.79 Å². The van der Waals surface area contributed by atoms with E-state index in [2.05, 4.69) is 20.9 Å². The Labute approximate surface area is 287 Å². The zero-order valence-corrected chi connectivity index (χ0v) is 27.5. The van der Waals surface area contributed by atoms with E-state index in [1.165, 1.54) is 10.9 Å². The van der Waals surface area contributed by atoms with Crippen molar-refractivity contribution < 1.29 is 32.6 Å². The third kappa shape index (κ3) is 7.83. The second-order valence-electron chi connectivity index (χ2n) is 12.9. The number of halogens is 3. The number of nitrogens with two attached hydrogens (primary N) is 1. The highest BCUT2D eigenvalue weighted by molar-refractivity contribution is 5.84. The second kappa shape index (κ2) is 15.0. The summed E-state index contributed by atoms with van der Waals surface area (Å²) in [5.41, 5.74) is 8.87. The van der Waals surface area contributed by atoms with E-state index in [1.807, 2.05) is 60.7 Å². The van der Waals surface area contributed by atoms with Crippen LogP contribution in [0.25, 0.3) is 11.2 Å². The predicted octanol–water partition coefficient (Wildman–Crippen LogP) is 4.43. The van der Waals surface area contributed by atoms with E-state index >= 15 is 0 Å². The zero-order valence-electron chi connectivity index (χ0n) is 27.5. The number of carbonyl (C=O) groups excluding carboxylic acids is 2. The maximum absolute atomic E-state index is 13.4. The summed E-state index contributed by atoms with van der Waals surface area (Å²) in [5.74, 6) is -2.26. The molecule has 2 fully saturated rings. The lowest BCUT2D eigenvalue weighted by Gasteiger charge is -2.27. The van der Waals surface area contributed by atoms with Crippen LogP contribution in [0.5, 0.6) is 0 Å². The predicted molar refractivity (Wildman–Crippen MR) is 180 cm³/mol. The quantitative estimate of drug-likeness (QED) is 0.142. The van der Waals surface area contributed by atoms with Crippen LogP contribution in [0.3, 0.4) is 0 Å². The maximum Gasteiger partial charge on any atom is 0.490 e. The van der Waals surface area contributed by atoms with Gasteiger partial charge in [0.05, 0.1) is 18.4 Å². The highest BCUT2D eigenvalue weighted by atomic mass is 19.4. The van der Waals surface area contributed by atoms with Gasteiger partial charge < -0.3 is 36.1 Å². The molecule has 266 valence electrons. The minimum atomic E-state index is -5.29. The SMILES string of the molecule is CCC(=O)N[C@H]1C[C@@H](n2cnc3c(NCC(c4ccccc4)c4ccccc4)nc(NC4CCC(N)CC4)nc32)[C@H](OC(=O)C(F)(F)F)[C@@H]1O. The van der Waals surface area contributed by atoms with Gasteiger partial charge >= 0.3 is 12.1 Å². The van der Waals surface area contributed by atoms with Crippen molar-refractivity contribution in [3.63, 3.8) is 0 Å². The molecule has 1 amide bonds. The van der Waals surface area contributed by atoms with E-state index in [9.17, 15) is 27.9 Å². The molecule has 4 atom stereocenters. The maximum atomic E-state index is 13.4. The molecule has 6 rings (SSSR count). The molecule has 2 aliphatic rings. The Balaban J connectivity index is 1.38. The van der Waals surface area contributed by atoms with E-state index in [1.54, 1.807) is 6.92 Å². The van der Waals surface area contributed by atoms with Gasteiger partial charge in [0.2, 0.25) is 11.9 Å². The van der Waals surface area contributed by atoms with Gasteiger partial charge in [-0.25, -0.2) is 9.78 Å². The van der Waals surface area contributed by atoms with Gasteiger partial charge in [0, 0.05) is 31.0 Å². The number of alkyl halides is 3. The number of anilines is 2. The van der Waals surface area contributed by atoms with Crippen molar-refractivity contribution in [2.24, 2.45) is 5.73 Å². The van der Waals surface area contributed by atoms with Crippen LogP contribution >= 0.6 is 0 Å². The molecule has 0 bridgehead atoms. The third-order valence-electron chi connectivity index (χ3n) is 9.53. The first-order chi connectivity index (χ1) is 24.0. The number of nitrogens with zero attached hydrogens (tertiary/aromatic N) is 4. The highest BCUT2D eigenvalue weighted by Gasteiger charge is 2.51. The largest absolute Gasteiger partial charge is 0.490 e. The van der Waals surface area contributed by atoms with Gasteiger partial charge in [0.25, 0.3) is 0 Å². The number of aromatic nitrogens is 4.